The zero-order valence-electron chi connectivity index (χ0n) is 15.6. The van der Waals surface area contributed by atoms with E-state index in [0.29, 0.717) is 17.9 Å². The molecule has 1 heterocycles. The highest BCUT2D eigenvalue weighted by Gasteiger charge is 2.19. The van der Waals surface area contributed by atoms with Gasteiger partial charge in [0.15, 0.2) is 6.61 Å². The van der Waals surface area contributed by atoms with Gasteiger partial charge in [-0.05, 0) is 55.4 Å². The van der Waals surface area contributed by atoms with Crippen LogP contribution >= 0.6 is 0 Å². The average Bonchev–Trinajstić information content (AvgIpc) is 3.21. The summed E-state index contributed by atoms with van der Waals surface area (Å²) >= 11 is 0. The molecule has 0 N–H and O–H groups in total. The minimum atomic E-state index is -0.413. The van der Waals surface area contributed by atoms with Crippen LogP contribution in [0.25, 0.3) is 11.0 Å². The van der Waals surface area contributed by atoms with E-state index in [4.69, 9.17) is 13.9 Å². The summed E-state index contributed by atoms with van der Waals surface area (Å²) in [5.74, 6) is 0.0680. The number of hydrogen-bond donors (Lipinski definition) is 0. The van der Waals surface area contributed by atoms with Crippen molar-refractivity contribution in [1.82, 2.24) is 0 Å². The number of hydrogen-bond acceptors (Lipinski definition) is 5. The molecule has 5 heteroatoms. The number of esters is 1. The summed E-state index contributed by atoms with van der Waals surface area (Å²) in [5, 5.41) is 0.947. The lowest BCUT2D eigenvalue weighted by atomic mass is 10.1. The van der Waals surface area contributed by atoms with Gasteiger partial charge in [0.2, 0.25) is 0 Å². The number of ether oxygens (including phenoxy) is 2. The summed E-state index contributed by atoms with van der Waals surface area (Å²) in [6.45, 7) is 0.182. The van der Waals surface area contributed by atoms with E-state index >= 15 is 0 Å². The van der Waals surface area contributed by atoms with Crippen LogP contribution in [0.4, 0.5) is 0 Å². The van der Waals surface area contributed by atoms with Gasteiger partial charge in [-0.1, -0.05) is 30.3 Å². The smallest absolute Gasteiger partial charge is 0.344 e. The van der Waals surface area contributed by atoms with Crippen LogP contribution in [-0.2, 0) is 28.8 Å². The van der Waals surface area contributed by atoms with Crippen LogP contribution in [0.1, 0.15) is 29.5 Å². The van der Waals surface area contributed by atoms with Crippen molar-refractivity contribution >= 4 is 16.9 Å². The van der Waals surface area contributed by atoms with Crippen LogP contribution in [0.2, 0.25) is 0 Å². The van der Waals surface area contributed by atoms with Crippen molar-refractivity contribution in [1.29, 1.82) is 0 Å². The molecule has 0 bridgehead atoms. The first kappa shape index (κ1) is 18.3. The maximum absolute atomic E-state index is 12.1. The van der Waals surface area contributed by atoms with Crippen LogP contribution in [0, 0.1) is 0 Å². The van der Waals surface area contributed by atoms with Crippen molar-refractivity contribution in [3.63, 3.8) is 0 Å². The maximum Gasteiger partial charge on any atom is 0.344 e. The fraction of sp³-hybridized carbons (Fsp3) is 0.304. The third kappa shape index (κ3) is 4.09. The van der Waals surface area contributed by atoms with Crippen LogP contribution in [0.5, 0.6) is 5.75 Å². The van der Waals surface area contributed by atoms with Gasteiger partial charge in [-0.25, -0.2) is 9.59 Å². The Hall–Kier alpha value is -3.08. The standard InChI is InChI=1S/C23H22O5/c24-22(26-13-5-8-16-6-2-1-3-7-16)15-27-17-11-12-19-18-9-4-10-20(18)23(25)28-21(19)14-17/h1-3,6-7,11-12,14H,4-5,8-10,13,15H2. The highest BCUT2D eigenvalue weighted by Crippen LogP contribution is 2.29. The molecule has 0 saturated heterocycles. The Kier molecular flexibility index (Phi) is 5.42. The average molecular weight is 378 g/mol. The summed E-state index contributed by atoms with van der Waals surface area (Å²) in [5.41, 5.74) is 3.32. The molecule has 2 aromatic carbocycles. The fourth-order valence-corrected chi connectivity index (χ4v) is 3.64. The lowest BCUT2D eigenvalue weighted by Gasteiger charge is -2.09. The molecule has 0 atom stereocenters. The monoisotopic (exact) mass is 378 g/mol. The Bertz CT molecular complexity index is 1040. The summed E-state index contributed by atoms with van der Waals surface area (Å²) < 4.78 is 16.2. The van der Waals surface area contributed by atoms with Crippen LogP contribution in [0.3, 0.4) is 0 Å². The Morgan fingerprint density at radius 1 is 1.04 bits per heavy atom. The van der Waals surface area contributed by atoms with Crippen molar-refractivity contribution in [3.05, 3.63) is 75.6 Å². The van der Waals surface area contributed by atoms with Gasteiger partial charge >= 0.3 is 11.6 Å². The first-order chi connectivity index (χ1) is 13.7. The Morgan fingerprint density at radius 3 is 2.71 bits per heavy atom. The van der Waals surface area contributed by atoms with Gasteiger partial charge in [0.05, 0.1) is 6.61 Å². The second-order valence-electron chi connectivity index (χ2n) is 6.96. The summed E-state index contributed by atoms with van der Waals surface area (Å²) in [6, 6.07) is 15.4. The molecule has 0 saturated carbocycles. The maximum atomic E-state index is 12.1. The molecule has 144 valence electrons. The van der Waals surface area contributed by atoms with Crippen molar-refractivity contribution in [2.75, 3.05) is 13.2 Å². The molecule has 0 spiro atoms. The quantitative estimate of drug-likeness (QED) is 0.355. The molecule has 0 unspecified atom stereocenters. The summed E-state index contributed by atoms with van der Waals surface area (Å²) in [7, 11) is 0. The molecule has 1 aromatic heterocycles. The van der Waals surface area contributed by atoms with Crippen LogP contribution in [0.15, 0.2) is 57.7 Å². The first-order valence-corrected chi connectivity index (χ1v) is 9.62. The molecule has 4 rings (SSSR count). The predicted octanol–water partition coefficient (Wildman–Crippen LogP) is 3.84. The Labute approximate surface area is 162 Å². The Balaban J connectivity index is 1.29. The number of carbonyl (C=O) groups is 1. The van der Waals surface area contributed by atoms with E-state index in [9.17, 15) is 9.59 Å². The molecular formula is C23H22O5. The highest BCUT2D eigenvalue weighted by molar-refractivity contribution is 5.83. The van der Waals surface area contributed by atoms with Gasteiger partial charge in [0.1, 0.15) is 11.3 Å². The van der Waals surface area contributed by atoms with E-state index in [1.807, 2.05) is 24.3 Å². The van der Waals surface area contributed by atoms with Crippen molar-refractivity contribution < 1.29 is 18.7 Å². The molecule has 0 radical (unpaired) electrons. The third-order valence-electron chi connectivity index (χ3n) is 5.02. The molecule has 0 fully saturated rings. The second kappa shape index (κ2) is 8.30. The van der Waals surface area contributed by atoms with Gasteiger partial charge < -0.3 is 13.9 Å². The van der Waals surface area contributed by atoms with Gasteiger partial charge in [-0.3, -0.25) is 0 Å². The van der Waals surface area contributed by atoms with Gasteiger partial charge in [-0.2, -0.15) is 0 Å². The van der Waals surface area contributed by atoms with Crippen LogP contribution < -0.4 is 10.4 Å². The van der Waals surface area contributed by atoms with E-state index in [2.05, 4.69) is 12.1 Å². The topological polar surface area (TPSA) is 65.7 Å². The minimum absolute atomic E-state index is 0.175. The number of rotatable bonds is 7. The molecule has 0 amide bonds. The molecule has 1 aliphatic rings. The summed E-state index contributed by atoms with van der Waals surface area (Å²) in [6.07, 6.45) is 4.29. The summed E-state index contributed by atoms with van der Waals surface area (Å²) in [4.78, 5) is 23.9. The van der Waals surface area contributed by atoms with Gasteiger partial charge in [0, 0.05) is 17.0 Å². The van der Waals surface area contributed by atoms with Gasteiger partial charge in [0.25, 0.3) is 0 Å². The van der Waals surface area contributed by atoms with Crippen molar-refractivity contribution in [2.45, 2.75) is 32.1 Å². The highest BCUT2D eigenvalue weighted by atomic mass is 16.6. The van der Waals surface area contributed by atoms with Gasteiger partial charge in [-0.15, -0.1) is 0 Å². The number of fused-ring (bicyclic) bond motifs is 3. The van der Waals surface area contributed by atoms with E-state index in [0.717, 1.165) is 48.6 Å². The molecule has 28 heavy (non-hydrogen) atoms. The SMILES string of the molecule is O=C(COc1ccc2c3c(c(=O)oc2c1)CCC3)OCCCc1ccccc1. The predicted molar refractivity (Wildman–Crippen MR) is 106 cm³/mol. The molecule has 0 aliphatic heterocycles. The largest absolute Gasteiger partial charge is 0.482 e. The molecular weight excluding hydrogens is 356 g/mol. The first-order valence-electron chi connectivity index (χ1n) is 9.62. The minimum Gasteiger partial charge on any atom is -0.482 e. The molecule has 5 nitrogen and oxygen atoms in total. The lowest BCUT2D eigenvalue weighted by molar-refractivity contribution is -0.146. The normalized spacial score (nSPS) is 12.7. The molecule has 1 aliphatic carbocycles. The van der Waals surface area contributed by atoms with E-state index in [1.165, 1.54) is 5.56 Å². The zero-order valence-corrected chi connectivity index (χ0v) is 15.6. The Morgan fingerprint density at radius 2 is 1.86 bits per heavy atom. The fourth-order valence-electron chi connectivity index (χ4n) is 3.64. The van der Waals surface area contributed by atoms with Crippen molar-refractivity contribution in [2.24, 2.45) is 0 Å². The van der Waals surface area contributed by atoms with E-state index in [1.54, 1.807) is 12.1 Å². The number of benzene rings is 2. The third-order valence-corrected chi connectivity index (χ3v) is 5.02. The lowest BCUT2D eigenvalue weighted by Crippen LogP contribution is -2.15. The van der Waals surface area contributed by atoms with E-state index < -0.39 is 5.97 Å². The van der Waals surface area contributed by atoms with Crippen LogP contribution in [-0.4, -0.2) is 19.2 Å². The second-order valence-corrected chi connectivity index (χ2v) is 6.96. The number of aryl methyl sites for hydroxylation is 2. The van der Waals surface area contributed by atoms with E-state index in [-0.39, 0.29) is 12.2 Å². The number of carbonyl (C=O) groups excluding carboxylic acids is 1. The molecule has 3 aromatic rings. The van der Waals surface area contributed by atoms with Crippen molar-refractivity contribution in [3.8, 4) is 5.75 Å². The zero-order chi connectivity index (χ0) is 19.3.